The van der Waals surface area contributed by atoms with Crippen molar-refractivity contribution in [3.05, 3.63) is 73.8 Å². The molecule has 2 aromatic heterocycles. The number of rotatable bonds is 3. The number of carbonyl (C=O) groups excluding carboxylic acids is 2. The molecule has 1 saturated heterocycles. The van der Waals surface area contributed by atoms with Gasteiger partial charge in [-0.05, 0) is 34.0 Å². The molecule has 1 fully saturated rings. The number of halogens is 1. The van der Waals surface area contributed by atoms with E-state index in [2.05, 4.69) is 17.8 Å². The van der Waals surface area contributed by atoms with Gasteiger partial charge in [-0.25, -0.2) is 4.98 Å². The Morgan fingerprint density at radius 1 is 1.19 bits per heavy atom. The van der Waals surface area contributed by atoms with Gasteiger partial charge in [0.05, 0.1) is 11.2 Å². The lowest BCUT2D eigenvalue weighted by atomic mass is 9.75. The Kier molecular flexibility index (Phi) is 4.64. The standard InChI is InChI=1S/C18H13ClN2O2S3/c19-13-4-2-1-3-12(13)16-14(22)7-18(21(24)17(16)23,11-5-6-25-8-11)15-9-26-10-20-15/h1-6,8-10,16,24H,7H2. The largest absolute Gasteiger partial charge is 0.298 e. The Morgan fingerprint density at radius 2 is 2.00 bits per heavy atom. The van der Waals surface area contributed by atoms with Crippen LogP contribution in [0.2, 0.25) is 5.02 Å². The van der Waals surface area contributed by atoms with Gasteiger partial charge >= 0.3 is 0 Å². The van der Waals surface area contributed by atoms with Gasteiger partial charge in [-0.1, -0.05) is 42.6 Å². The van der Waals surface area contributed by atoms with Crippen LogP contribution in [0.5, 0.6) is 0 Å². The number of aromatic nitrogens is 1. The van der Waals surface area contributed by atoms with Crippen molar-refractivity contribution in [1.82, 2.24) is 9.29 Å². The van der Waals surface area contributed by atoms with Gasteiger partial charge in [-0.2, -0.15) is 11.3 Å². The second-order valence-electron chi connectivity index (χ2n) is 5.99. The van der Waals surface area contributed by atoms with Crippen LogP contribution in [0.15, 0.2) is 52.0 Å². The summed E-state index contributed by atoms with van der Waals surface area (Å²) in [5.74, 6) is -1.53. The maximum absolute atomic E-state index is 13.2. The zero-order valence-corrected chi connectivity index (χ0v) is 16.6. The van der Waals surface area contributed by atoms with Crippen molar-refractivity contribution >= 4 is 58.8 Å². The Bertz CT molecular complexity index is 922. The molecule has 2 atom stereocenters. The van der Waals surface area contributed by atoms with Crippen LogP contribution in [-0.2, 0) is 15.1 Å². The van der Waals surface area contributed by atoms with Crippen LogP contribution >= 0.6 is 47.1 Å². The lowest BCUT2D eigenvalue weighted by molar-refractivity contribution is -0.142. The molecule has 0 bridgehead atoms. The minimum atomic E-state index is -1.00. The Labute approximate surface area is 169 Å². The number of benzene rings is 1. The lowest BCUT2D eigenvalue weighted by Crippen LogP contribution is -2.54. The predicted octanol–water partition coefficient (Wildman–Crippen LogP) is 4.53. The van der Waals surface area contributed by atoms with E-state index in [1.54, 1.807) is 29.8 Å². The van der Waals surface area contributed by atoms with Crippen molar-refractivity contribution < 1.29 is 9.59 Å². The van der Waals surface area contributed by atoms with Crippen LogP contribution in [0.1, 0.15) is 29.2 Å². The number of thiophene rings is 1. The van der Waals surface area contributed by atoms with E-state index in [-0.39, 0.29) is 12.2 Å². The van der Waals surface area contributed by atoms with Crippen LogP contribution in [0, 0.1) is 0 Å². The van der Waals surface area contributed by atoms with Crippen molar-refractivity contribution in [3.8, 4) is 0 Å². The number of nitrogens with zero attached hydrogens (tertiary/aromatic N) is 2. The maximum atomic E-state index is 13.2. The number of hydrogen-bond acceptors (Lipinski definition) is 6. The second kappa shape index (κ2) is 6.81. The molecule has 0 radical (unpaired) electrons. The van der Waals surface area contributed by atoms with Gasteiger partial charge in [0.2, 0.25) is 5.91 Å². The van der Waals surface area contributed by atoms with E-state index in [4.69, 9.17) is 11.6 Å². The van der Waals surface area contributed by atoms with Crippen molar-refractivity contribution in [2.75, 3.05) is 0 Å². The highest BCUT2D eigenvalue weighted by atomic mass is 35.5. The molecule has 1 aromatic carbocycles. The molecule has 1 aliphatic rings. The summed E-state index contributed by atoms with van der Waals surface area (Å²) in [4.78, 5) is 30.8. The van der Waals surface area contributed by atoms with E-state index in [1.807, 2.05) is 22.2 Å². The molecule has 8 heteroatoms. The Morgan fingerprint density at radius 3 is 2.65 bits per heavy atom. The third-order valence-electron chi connectivity index (χ3n) is 4.64. The van der Waals surface area contributed by atoms with Gasteiger partial charge in [-0.3, -0.25) is 13.9 Å². The monoisotopic (exact) mass is 420 g/mol. The average molecular weight is 421 g/mol. The van der Waals surface area contributed by atoms with Gasteiger partial charge in [0, 0.05) is 16.8 Å². The fraction of sp³-hybridized carbons (Fsp3) is 0.167. The van der Waals surface area contributed by atoms with Gasteiger partial charge in [0.1, 0.15) is 11.5 Å². The summed E-state index contributed by atoms with van der Waals surface area (Å²) in [5.41, 5.74) is 2.69. The Balaban J connectivity index is 1.85. The van der Waals surface area contributed by atoms with Crippen LogP contribution in [-0.4, -0.2) is 21.0 Å². The summed E-state index contributed by atoms with van der Waals surface area (Å²) in [5, 5.41) is 6.11. The summed E-state index contributed by atoms with van der Waals surface area (Å²) in [6, 6.07) is 8.84. The van der Waals surface area contributed by atoms with E-state index in [9.17, 15) is 9.59 Å². The van der Waals surface area contributed by atoms with Crippen LogP contribution in [0.4, 0.5) is 0 Å². The number of ketones is 1. The first-order chi connectivity index (χ1) is 12.6. The molecule has 132 valence electrons. The van der Waals surface area contributed by atoms with Crippen LogP contribution < -0.4 is 0 Å². The van der Waals surface area contributed by atoms with Gasteiger partial charge in [0.15, 0.2) is 5.78 Å². The molecule has 0 spiro atoms. The summed E-state index contributed by atoms with van der Waals surface area (Å²) >= 11 is 13.7. The minimum Gasteiger partial charge on any atom is -0.298 e. The van der Waals surface area contributed by atoms with E-state index in [0.29, 0.717) is 16.3 Å². The first-order valence-electron chi connectivity index (χ1n) is 7.77. The van der Waals surface area contributed by atoms with Gasteiger partial charge < -0.3 is 0 Å². The molecule has 0 N–H and O–H groups in total. The third kappa shape index (κ3) is 2.62. The number of thiol groups is 1. The summed E-state index contributed by atoms with van der Waals surface area (Å²) < 4.78 is 1.36. The highest BCUT2D eigenvalue weighted by Gasteiger charge is 2.53. The van der Waals surface area contributed by atoms with Crippen molar-refractivity contribution in [3.63, 3.8) is 0 Å². The van der Waals surface area contributed by atoms with Gasteiger partial charge in [0.25, 0.3) is 0 Å². The summed E-state index contributed by atoms with van der Waals surface area (Å²) in [6.07, 6.45) is 0.0958. The molecule has 4 rings (SSSR count). The van der Waals surface area contributed by atoms with Crippen molar-refractivity contribution in [2.24, 2.45) is 0 Å². The fourth-order valence-electron chi connectivity index (χ4n) is 3.38. The minimum absolute atomic E-state index is 0.0958. The first-order valence-corrected chi connectivity index (χ1v) is 10.4. The Hall–Kier alpha value is -1.67. The summed E-state index contributed by atoms with van der Waals surface area (Å²) in [7, 11) is 0. The molecule has 3 heterocycles. The quantitative estimate of drug-likeness (QED) is 0.500. The first kappa shape index (κ1) is 17.7. The zero-order valence-electron chi connectivity index (χ0n) is 13.3. The number of thiazole rings is 1. The topological polar surface area (TPSA) is 50.3 Å². The number of hydrogen-bond donors (Lipinski definition) is 1. The normalized spacial score (nSPS) is 23.5. The number of amides is 1. The number of carbonyl (C=O) groups is 2. The SMILES string of the molecule is O=C1CC(c2ccsc2)(c2cscn2)N(S)C(=O)C1c1ccccc1Cl. The zero-order chi connectivity index (χ0) is 18.3. The number of Topliss-reactive ketones (excluding diaryl/α,β-unsaturated/α-hetero) is 1. The molecule has 2 unspecified atom stereocenters. The molecule has 26 heavy (non-hydrogen) atoms. The highest BCUT2D eigenvalue weighted by molar-refractivity contribution is 7.78. The van der Waals surface area contributed by atoms with Crippen molar-refractivity contribution in [2.45, 2.75) is 17.9 Å². The molecule has 0 saturated carbocycles. The van der Waals surface area contributed by atoms with E-state index in [1.165, 1.54) is 27.0 Å². The molecule has 1 amide bonds. The van der Waals surface area contributed by atoms with E-state index in [0.717, 1.165) is 5.56 Å². The fourth-order valence-corrected chi connectivity index (χ4v) is 5.37. The lowest BCUT2D eigenvalue weighted by Gasteiger charge is -2.44. The molecular formula is C18H13ClN2O2S3. The molecule has 3 aromatic rings. The molecule has 1 aliphatic heterocycles. The third-order valence-corrected chi connectivity index (χ3v) is 6.79. The van der Waals surface area contributed by atoms with E-state index >= 15 is 0 Å². The molecule has 4 nitrogen and oxygen atoms in total. The summed E-state index contributed by atoms with van der Waals surface area (Å²) in [6.45, 7) is 0. The van der Waals surface area contributed by atoms with Crippen LogP contribution in [0.25, 0.3) is 0 Å². The van der Waals surface area contributed by atoms with Crippen LogP contribution in [0.3, 0.4) is 0 Å². The molecular weight excluding hydrogens is 408 g/mol. The van der Waals surface area contributed by atoms with E-state index < -0.39 is 17.4 Å². The average Bonchev–Trinajstić information content (AvgIpc) is 3.34. The predicted molar refractivity (Wildman–Crippen MR) is 107 cm³/mol. The molecule has 0 aliphatic carbocycles. The maximum Gasteiger partial charge on any atom is 0.248 e. The second-order valence-corrected chi connectivity index (χ2v) is 8.30. The smallest absolute Gasteiger partial charge is 0.248 e. The number of piperidine rings is 1. The highest BCUT2D eigenvalue weighted by Crippen LogP contribution is 2.48. The van der Waals surface area contributed by atoms with Crippen molar-refractivity contribution in [1.29, 1.82) is 0 Å². The van der Waals surface area contributed by atoms with Gasteiger partial charge in [-0.15, -0.1) is 11.3 Å².